The number of rotatable bonds is 8. The van der Waals surface area contributed by atoms with Crippen LogP contribution in [0.3, 0.4) is 0 Å². The summed E-state index contributed by atoms with van der Waals surface area (Å²) in [6.45, 7) is -0.217. The van der Waals surface area contributed by atoms with Crippen molar-refractivity contribution < 1.29 is 33.2 Å². The van der Waals surface area contributed by atoms with Crippen molar-refractivity contribution in [1.29, 1.82) is 0 Å². The van der Waals surface area contributed by atoms with Gasteiger partial charge in [0.2, 0.25) is 0 Å². The molecule has 4 rings (SSSR count). The molecule has 0 aliphatic carbocycles. The van der Waals surface area contributed by atoms with Gasteiger partial charge < -0.3 is 29.0 Å². The van der Waals surface area contributed by atoms with Crippen LogP contribution in [0, 0.1) is 5.82 Å². The third-order valence-electron chi connectivity index (χ3n) is 5.19. The maximum absolute atomic E-state index is 14.4. The Hall–Kier alpha value is -4.25. The van der Waals surface area contributed by atoms with Crippen molar-refractivity contribution in [2.45, 2.75) is 6.61 Å². The molecule has 2 heterocycles. The molecule has 2 N–H and O–H groups in total. The van der Waals surface area contributed by atoms with Gasteiger partial charge in [-0.3, -0.25) is 0 Å². The minimum absolute atomic E-state index is 0.0273. The predicted molar refractivity (Wildman–Crippen MR) is 124 cm³/mol. The number of fused-ring (bicyclic) bond motifs is 1. The molecule has 0 amide bonds. The van der Waals surface area contributed by atoms with Gasteiger partial charge in [-0.2, -0.15) is 0 Å². The minimum atomic E-state index is -1.31. The first-order chi connectivity index (χ1) is 16.8. The standard InChI is InChI=1S/C23H19ClFN3O7/c1-32-16-6-4-5-13(25)11(16)10-35-18-9-15(12(24)7-17(18)33-2)28-21-20(27-23(28)31)19(34-3)8-14(26-21)22(29)30/h4-9H,10H2,1-3H3,(H,27,31)(H,29,30). The third kappa shape index (κ3) is 4.33. The summed E-state index contributed by atoms with van der Waals surface area (Å²) >= 11 is 6.45. The van der Waals surface area contributed by atoms with Gasteiger partial charge in [-0.25, -0.2) is 23.5 Å². The Kier molecular flexibility index (Phi) is 6.52. The number of carboxylic acids is 1. The zero-order valence-corrected chi connectivity index (χ0v) is 19.5. The van der Waals surface area contributed by atoms with Crippen LogP contribution in [0.5, 0.6) is 23.0 Å². The average Bonchev–Trinajstić information content (AvgIpc) is 3.18. The number of H-pyrrole nitrogens is 1. The van der Waals surface area contributed by atoms with Gasteiger partial charge in [-0.15, -0.1) is 0 Å². The molecule has 0 unspecified atom stereocenters. The first-order valence-electron chi connectivity index (χ1n) is 10.0. The fourth-order valence-electron chi connectivity index (χ4n) is 3.53. The Labute approximate surface area is 202 Å². The lowest BCUT2D eigenvalue weighted by Gasteiger charge is -2.16. The number of aromatic carboxylic acids is 1. The molecule has 0 atom stereocenters. The van der Waals surface area contributed by atoms with Crippen LogP contribution in [0.4, 0.5) is 4.39 Å². The SMILES string of the molecule is COc1cc(Cl)c(-n2c(=O)[nH]c3c(OC)cc(C(=O)O)nc32)cc1OCc1c(F)cccc1OC. The normalized spacial score (nSPS) is 10.9. The van der Waals surface area contributed by atoms with E-state index in [2.05, 4.69) is 9.97 Å². The van der Waals surface area contributed by atoms with Crippen molar-refractivity contribution in [1.82, 2.24) is 14.5 Å². The zero-order chi connectivity index (χ0) is 25.3. The molecule has 0 bridgehead atoms. The number of nitrogens with one attached hydrogen (secondary N) is 1. The van der Waals surface area contributed by atoms with E-state index >= 15 is 0 Å². The van der Waals surface area contributed by atoms with Gasteiger partial charge in [-0.1, -0.05) is 17.7 Å². The van der Waals surface area contributed by atoms with Crippen LogP contribution < -0.4 is 24.6 Å². The van der Waals surface area contributed by atoms with Crippen molar-refractivity contribution in [3.8, 4) is 28.7 Å². The summed E-state index contributed by atoms with van der Waals surface area (Å²) in [4.78, 5) is 31.1. The highest BCUT2D eigenvalue weighted by Crippen LogP contribution is 2.37. The number of carboxylic acid groups (broad SMARTS) is 1. The van der Waals surface area contributed by atoms with Gasteiger partial charge in [0.05, 0.1) is 37.6 Å². The van der Waals surface area contributed by atoms with Crippen LogP contribution in [0.25, 0.3) is 16.9 Å². The molecule has 0 aliphatic heterocycles. The van der Waals surface area contributed by atoms with Crippen LogP contribution in [0.1, 0.15) is 16.1 Å². The molecule has 4 aromatic rings. The molecule has 35 heavy (non-hydrogen) atoms. The van der Waals surface area contributed by atoms with Gasteiger partial charge in [0.15, 0.2) is 22.8 Å². The van der Waals surface area contributed by atoms with Gasteiger partial charge >= 0.3 is 11.7 Å². The summed E-state index contributed by atoms with van der Waals surface area (Å²) in [6, 6.07) is 8.39. The van der Waals surface area contributed by atoms with Crippen molar-refractivity contribution in [2.24, 2.45) is 0 Å². The Morgan fingerprint density at radius 2 is 1.80 bits per heavy atom. The number of imidazole rings is 1. The van der Waals surface area contributed by atoms with E-state index < -0.39 is 17.5 Å². The predicted octanol–water partition coefficient (Wildman–Crippen LogP) is 3.81. The second-order valence-corrected chi connectivity index (χ2v) is 7.55. The van der Waals surface area contributed by atoms with Crippen LogP contribution in [-0.2, 0) is 6.61 Å². The maximum Gasteiger partial charge on any atom is 0.354 e. The first-order valence-corrected chi connectivity index (χ1v) is 10.4. The van der Waals surface area contributed by atoms with E-state index in [1.165, 1.54) is 51.7 Å². The van der Waals surface area contributed by atoms with Gasteiger partial charge in [-0.05, 0) is 12.1 Å². The summed E-state index contributed by atoms with van der Waals surface area (Å²) < 4.78 is 37.0. The molecule has 182 valence electrons. The number of benzene rings is 2. The van der Waals surface area contributed by atoms with E-state index in [-0.39, 0.29) is 57.0 Å². The first kappa shape index (κ1) is 23.9. The van der Waals surface area contributed by atoms with Crippen LogP contribution >= 0.6 is 11.6 Å². The lowest BCUT2D eigenvalue weighted by molar-refractivity contribution is 0.0690. The number of ether oxygens (including phenoxy) is 4. The number of pyridine rings is 1. The van der Waals surface area contributed by atoms with E-state index in [0.717, 1.165) is 4.57 Å². The Morgan fingerprint density at radius 1 is 1.09 bits per heavy atom. The molecule has 12 heteroatoms. The van der Waals surface area contributed by atoms with E-state index in [4.69, 9.17) is 30.5 Å². The van der Waals surface area contributed by atoms with Crippen molar-refractivity contribution >= 4 is 28.7 Å². The van der Waals surface area contributed by atoms with Crippen LogP contribution in [0.15, 0.2) is 41.2 Å². The molecule has 2 aromatic carbocycles. The Balaban J connectivity index is 1.86. The topological polar surface area (TPSA) is 125 Å². The number of carbonyl (C=O) groups is 1. The fourth-order valence-corrected chi connectivity index (χ4v) is 3.77. The molecule has 10 nitrogen and oxygen atoms in total. The van der Waals surface area contributed by atoms with E-state index in [1.54, 1.807) is 6.07 Å². The van der Waals surface area contributed by atoms with Crippen molar-refractivity contribution in [3.63, 3.8) is 0 Å². The average molecular weight is 504 g/mol. The molecule has 0 fully saturated rings. The van der Waals surface area contributed by atoms with Gasteiger partial charge in [0.25, 0.3) is 0 Å². The number of aromatic nitrogens is 3. The van der Waals surface area contributed by atoms with Gasteiger partial charge in [0, 0.05) is 18.2 Å². The number of nitrogens with zero attached hydrogens (tertiary/aromatic N) is 2. The highest BCUT2D eigenvalue weighted by Gasteiger charge is 2.22. The van der Waals surface area contributed by atoms with Crippen molar-refractivity contribution in [3.05, 3.63) is 69.0 Å². The fraction of sp³-hybridized carbons (Fsp3) is 0.174. The number of hydrogen-bond donors (Lipinski definition) is 2. The summed E-state index contributed by atoms with van der Waals surface area (Å²) in [5.41, 5.74) is -0.544. The smallest absolute Gasteiger partial charge is 0.354 e. The highest BCUT2D eigenvalue weighted by atomic mass is 35.5. The molecule has 0 spiro atoms. The number of methoxy groups -OCH3 is 3. The number of hydrogen-bond acceptors (Lipinski definition) is 7. The molecule has 0 saturated carbocycles. The summed E-state index contributed by atoms with van der Waals surface area (Å²) in [5.74, 6) is -1.07. The lowest BCUT2D eigenvalue weighted by atomic mass is 10.2. The second-order valence-electron chi connectivity index (χ2n) is 7.14. The van der Waals surface area contributed by atoms with Gasteiger partial charge in [0.1, 0.15) is 29.4 Å². The van der Waals surface area contributed by atoms with Crippen LogP contribution in [-0.4, -0.2) is 46.9 Å². The number of aromatic amines is 1. The summed E-state index contributed by atoms with van der Waals surface area (Å²) in [5, 5.41) is 9.51. The Bertz CT molecular complexity index is 1500. The molecule has 0 aliphatic rings. The molecule has 0 radical (unpaired) electrons. The Morgan fingerprint density at radius 3 is 2.46 bits per heavy atom. The van der Waals surface area contributed by atoms with E-state index in [0.29, 0.717) is 5.75 Å². The maximum atomic E-state index is 14.4. The largest absolute Gasteiger partial charge is 0.496 e. The molecular weight excluding hydrogens is 485 g/mol. The summed E-state index contributed by atoms with van der Waals surface area (Å²) in [7, 11) is 4.14. The highest BCUT2D eigenvalue weighted by molar-refractivity contribution is 6.32. The summed E-state index contributed by atoms with van der Waals surface area (Å²) in [6.07, 6.45) is 0. The molecule has 2 aromatic heterocycles. The molecular formula is C23H19ClFN3O7. The minimum Gasteiger partial charge on any atom is -0.496 e. The van der Waals surface area contributed by atoms with E-state index in [9.17, 15) is 19.1 Å². The molecule has 0 saturated heterocycles. The van der Waals surface area contributed by atoms with Crippen molar-refractivity contribution in [2.75, 3.05) is 21.3 Å². The van der Waals surface area contributed by atoms with Crippen LogP contribution in [0.2, 0.25) is 5.02 Å². The third-order valence-corrected chi connectivity index (χ3v) is 5.49. The second kappa shape index (κ2) is 9.55. The lowest BCUT2D eigenvalue weighted by Crippen LogP contribution is -2.16. The number of halogens is 2. The van der Waals surface area contributed by atoms with E-state index in [1.807, 2.05) is 0 Å². The quantitative estimate of drug-likeness (QED) is 0.372. The zero-order valence-electron chi connectivity index (χ0n) is 18.7. The monoisotopic (exact) mass is 503 g/mol.